The van der Waals surface area contributed by atoms with Crippen LogP contribution < -0.4 is 11.5 Å². The maximum Gasteiger partial charge on any atom is 0.237 e. The van der Waals surface area contributed by atoms with Crippen molar-refractivity contribution in [3.63, 3.8) is 0 Å². The summed E-state index contributed by atoms with van der Waals surface area (Å²) in [4.78, 5) is 25.8. The van der Waals surface area contributed by atoms with Gasteiger partial charge in [-0.3, -0.25) is 9.59 Å². The van der Waals surface area contributed by atoms with Crippen LogP contribution in [0.15, 0.2) is 30.3 Å². The summed E-state index contributed by atoms with van der Waals surface area (Å²) in [5, 5.41) is 0. The van der Waals surface area contributed by atoms with Gasteiger partial charge in [-0.2, -0.15) is 0 Å². The quantitative estimate of drug-likeness (QED) is 0.805. The summed E-state index contributed by atoms with van der Waals surface area (Å²) in [5.74, 6) is -1.45. The standard InChI is InChI=1S/C15H19N3O2S/c16-13(19)11-7-4-8-18(9-11)15(20)12(14(17)21)10-5-2-1-3-6-10/h1-3,5-6,11-12H,4,7-9H2,(H2,16,19)(H2,17,21). The van der Waals surface area contributed by atoms with Gasteiger partial charge in [0.15, 0.2) is 0 Å². The van der Waals surface area contributed by atoms with Gasteiger partial charge >= 0.3 is 0 Å². The predicted molar refractivity (Wildman–Crippen MR) is 84.5 cm³/mol. The fourth-order valence-electron chi connectivity index (χ4n) is 2.67. The number of primary amides is 1. The fourth-order valence-corrected chi connectivity index (χ4v) is 2.90. The maximum absolute atomic E-state index is 12.7. The van der Waals surface area contributed by atoms with Gasteiger partial charge in [-0.25, -0.2) is 0 Å². The number of carbonyl (C=O) groups is 2. The number of likely N-dealkylation sites (tertiary alicyclic amines) is 1. The number of nitrogens with zero attached hydrogens (tertiary/aromatic N) is 1. The summed E-state index contributed by atoms with van der Waals surface area (Å²) in [5.41, 5.74) is 11.9. The van der Waals surface area contributed by atoms with Gasteiger partial charge in [-0.05, 0) is 18.4 Å². The van der Waals surface area contributed by atoms with Gasteiger partial charge in [-0.1, -0.05) is 42.5 Å². The second-order valence-electron chi connectivity index (χ2n) is 5.27. The lowest BCUT2D eigenvalue weighted by Gasteiger charge is -2.33. The topological polar surface area (TPSA) is 89.4 Å². The zero-order valence-corrected chi connectivity index (χ0v) is 12.5. The minimum Gasteiger partial charge on any atom is -0.392 e. The zero-order chi connectivity index (χ0) is 15.4. The van der Waals surface area contributed by atoms with E-state index < -0.39 is 5.92 Å². The summed E-state index contributed by atoms with van der Waals surface area (Å²) in [6.45, 7) is 0.953. The van der Waals surface area contributed by atoms with E-state index in [0.29, 0.717) is 13.1 Å². The molecule has 0 bridgehead atoms. The Morgan fingerprint density at radius 3 is 2.48 bits per heavy atom. The molecule has 4 N–H and O–H groups in total. The number of amides is 2. The van der Waals surface area contributed by atoms with E-state index in [1.807, 2.05) is 30.3 Å². The lowest BCUT2D eigenvalue weighted by Crippen LogP contribution is -2.47. The third-order valence-corrected chi connectivity index (χ3v) is 4.04. The summed E-state index contributed by atoms with van der Waals surface area (Å²) >= 11 is 5.06. The van der Waals surface area contributed by atoms with E-state index in [0.717, 1.165) is 18.4 Å². The van der Waals surface area contributed by atoms with Crippen LogP contribution >= 0.6 is 12.2 Å². The molecule has 1 saturated heterocycles. The van der Waals surface area contributed by atoms with Crippen LogP contribution in [0.2, 0.25) is 0 Å². The number of hydrogen-bond acceptors (Lipinski definition) is 3. The average molecular weight is 305 g/mol. The van der Waals surface area contributed by atoms with Crippen molar-refractivity contribution in [3.05, 3.63) is 35.9 Å². The van der Waals surface area contributed by atoms with Crippen LogP contribution in [0, 0.1) is 5.92 Å². The Balaban J connectivity index is 2.19. The Bertz CT molecular complexity index is 547. The molecule has 6 heteroatoms. The predicted octanol–water partition coefficient (Wildman–Crippen LogP) is 0.780. The van der Waals surface area contributed by atoms with Crippen LogP contribution in [0.5, 0.6) is 0 Å². The number of thiocarbonyl (C=S) groups is 1. The fraction of sp³-hybridized carbons (Fsp3) is 0.400. The normalized spacial score (nSPS) is 19.8. The molecule has 0 spiro atoms. The third kappa shape index (κ3) is 3.58. The molecule has 0 radical (unpaired) electrons. The van der Waals surface area contributed by atoms with E-state index in [9.17, 15) is 9.59 Å². The van der Waals surface area contributed by atoms with E-state index in [2.05, 4.69) is 0 Å². The van der Waals surface area contributed by atoms with Crippen molar-refractivity contribution in [3.8, 4) is 0 Å². The van der Waals surface area contributed by atoms with Gasteiger partial charge in [0, 0.05) is 13.1 Å². The van der Waals surface area contributed by atoms with E-state index in [4.69, 9.17) is 23.7 Å². The smallest absolute Gasteiger partial charge is 0.237 e. The number of nitrogens with two attached hydrogens (primary N) is 2. The van der Waals surface area contributed by atoms with Gasteiger partial charge in [0.2, 0.25) is 11.8 Å². The summed E-state index contributed by atoms with van der Waals surface area (Å²) < 4.78 is 0. The van der Waals surface area contributed by atoms with Crippen molar-refractivity contribution in [1.82, 2.24) is 4.90 Å². The van der Waals surface area contributed by atoms with E-state index in [1.54, 1.807) is 4.90 Å². The number of benzene rings is 1. The van der Waals surface area contributed by atoms with Crippen molar-refractivity contribution in [2.75, 3.05) is 13.1 Å². The highest BCUT2D eigenvalue weighted by atomic mass is 32.1. The zero-order valence-electron chi connectivity index (χ0n) is 11.7. The van der Waals surface area contributed by atoms with Gasteiger partial charge in [0.1, 0.15) is 5.92 Å². The largest absolute Gasteiger partial charge is 0.392 e. The lowest BCUT2D eigenvalue weighted by atomic mass is 9.93. The molecule has 112 valence electrons. The highest BCUT2D eigenvalue weighted by Crippen LogP contribution is 2.23. The monoisotopic (exact) mass is 305 g/mol. The highest BCUT2D eigenvalue weighted by molar-refractivity contribution is 7.80. The second kappa shape index (κ2) is 6.67. The first-order chi connectivity index (χ1) is 10.0. The minimum absolute atomic E-state index is 0.146. The summed E-state index contributed by atoms with van der Waals surface area (Å²) in [6.07, 6.45) is 1.49. The number of hydrogen-bond donors (Lipinski definition) is 2. The highest BCUT2D eigenvalue weighted by Gasteiger charge is 2.32. The molecule has 0 saturated carbocycles. The first kappa shape index (κ1) is 15.4. The summed E-state index contributed by atoms with van der Waals surface area (Å²) in [7, 11) is 0. The molecule has 2 atom stereocenters. The molecule has 0 aliphatic carbocycles. The molecule has 1 fully saturated rings. The molecule has 2 unspecified atom stereocenters. The Labute approximate surface area is 129 Å². The molecule has 1 aliphatic rings. The van der Waals surface area contributed by atoms with E-state index in [1.165, 1.54) is 0 Å². The van der Waals surface area contributed by atoms with Crippen molar-refractivity contribution in [2.24, 2.45) is 17.4 Å². The lowest BCUT2D eigenvalue weighted by molar-refractivity contribution is -0.134. The molecule has 5 nitrogen and oxygen atoms in total. The van der Waals surface area contributed by atoms with Gasteiger partial charge < -0.3 is 16.4 Å². The molecular formula is C15H19N3O2S. The van der Waals surface area contributed by atoms with Crippen LogP contribution in [-0.2, 0) is 9.59 Å². The van der Waals surface area contributed by atoms with E-state index in [-0.39, 0.29) is 22.7 Å². The average Bonchev–Trinajstić information content (AvgIpc) is 2.48. The molecule has 0 aromatic heterocycles. The Morgan fingerprint density at radius 2 is 1.90 bits per heavy atom. The third-order valence-electron chi connectivity index (χ3n) is 3.80. The molecule has 1 aromatic carbocycles. The van der Waals surface area contributed by atoms with Crippen LogP contribution in [0.1, 0.15) is 24.3 Å². The molecular weight excluding hydrogens is 286 g/mol. The Morgan fingerprint density at radius 1 is 1.24 bits per heavy atom. The molecule has 2 rings (SSSR count). The first-order valence-electron chi connectivity index (χ1n) is 6.93. The van der Waals surface area contributed by atoms with Crippen LogP contribution in [-0.4, -0.2) is 34.8 Å². The maximum atomic E-state index is 12.7. The van der Waals surface area contributed by atoms with Crippen molar-refractivity contribution < 1.29 is 9.59 Å². The van der Waals surface area contributed by atoms with Gasteiger partial charge in [0.25, 0.3) is 0 Å². The van der Waals surface area contributed by atoms with Crippen LogP contribution in [0.25, 0.3) is 0 Å². The SMILES string of the molecule is NC(=O)C1CCCN(C(=O)C(C(N)=S)c2ccccc2)C1. The Hall–Kier alpha value is -1.95. The molecule has 21 heavy (non-hydrogen) atoms. The second-order valence-corrected chi connectivity index (χ2v) is 5.74. The van der Waals surface area contributed by atoms with Gasteiger partial charge in [0.05, 0.1) is 10.9 Å². The van der Waals surface area contributed by atoms with Crippen LogP contribution in [0.4, 0.5) is 0 Å². The minimum atomic E-state index is -0.646. The van der Waals surface area contributed by atoms with Crippen molar-refractivity contribution >= 4 is 29.0 Å². The van der Waals surface area contributed by atoms with Crippen LogP contribution in [0.3, 0.4) is 0 Å². The first-order valence-corrected chi connectivity index (χ1v) is 7.34. The Kier molecular flexibility index (Phi) is 4.90. The van der Waals surface area contributed by atoms with Gasteiger partial charge in [-0.15, -0.1) is 0 Å². The number of carbonyl (C=O) groups excluding carboxylic acids is 2. The molecule has 1 aliphatic heterocycles. The van der Waals surface area contributed by atoms with Crippen molar-refractivity contribution in [1.29, 1.82) is 0 Å². The van der Waals surface area contributed by atoms with E-state index >= 15 is 0 Å². The molecule has 1 aromatic rings. The molecule has 1 heterocycles. The van der Waals surface area contributed by atoms with Crippen molar-refractivity contribution in [2.45, 2.75) is 18.8 Å². The summed E-state index contributed by atoms with van der Waals surface area (Å²) in [6, 6.07) is 9.22. The number of piperidine rings is 1. The number of rotatable bonds is 4. The molecule has 2 amide bonds.